The molecule has 0 fully saturated rings. The summed E-state index contributed by atoms with van der Waals surface area (Å²) < 4.78 is 20.8. The van der Waals surface area contributed by atoms with Crippen molar-refractivity contribution in [1.29, 1.82) is 0 Å². The molecule has 27 heavy (non-hydrogen) atoms. The summed E-state index contributed by atoms with van der Waals surface area (Å²) in [7, 11) is 4.32. The van der Waals surface area contributed by atoms with E-state index in [0.717, 1.165) is 11.1 Å². The molecule has 0 saturated heterocycles. The average molecular weight is 373 g/mol. The summed E-state index contributed by atoms with van der Waals surface area (Å²) in [5, 5.41) is 2.74. The molecule has 2 rings (SSSR count). The van der Waals surface area contributed by atoms with Gasteiger partial charge in [0, 0.05) is 5.69 Å². The normalized spacial score (nSPS) is 10.1. The third-order valence-electron chi connectivity index (χ3n) is 4.14. The summed E-state index contributed by atoms with van der Waals surface area (Å²) in [6.45, 7) is 3.43. The van der Waals surface area contributed by atoms with Crippen molar-refractivity contribution in [1.82, 2.24) is 0 Å². The highest BCUT2D eigenvalue weighted by atomic mass is 16.5. The third-order valence-corrected chi connectivity index (χ3v) is 4.14. The van der Waals surface area contributed by atoms with Gasteiger partial charge in [0.1, 0.15) is 5.56 Å². The van der Waals surface area contributed by atoms with Crippen molar-refractivity contribution in [3.8, 4) is 17.2 Å². The molecule has 0 aliphatic rings. The lowest BCUT2D eigenvalue weighted by Gasteiger charge is -2.15. The van der Waals surface area contributed by atoms with E-state index in [1.54, 1.807) is 12.1 Å². The second-order valence-electron chi connectivity index (χ2n) is 5.75. The molecule has 0 heterocycles. The second-order valence-corrected chi connectivity index (χ2v) is 5.75. The van der Waals surface area contributed by atoms with Gasteiger partial charge in [-0.05, 0) is 43.2 Å². The van der Waals surface area contributed by atoms with Crippen LogP contribution in [0.25, 0.3) is 0 Å². The minimum Gasteiger partial charge on any atom is -0.493 e. The Morgan fingerprint density at radius 1 is 0.926 bits per heavy atom. The lowest BCUT2D eigenvalue weighted by Crippen LogP contribution is -2.21. The maximum atomic E-state index is 12.4. The van der Waals surface area contributed by atoms with Crippen molar-refractivity contribution in [2.24, 2.45) is 0 Å². The van der Waals surface area contributed by atoms with Gasteiger partial charge in [-0.1, -0.05) is 12.1 Å². The van der Waals surface area contributed by atoms with Crippen LogP contribution in [0, 0.1) is 13.8 Å². The van der Waals surface area contributed by atoms with Crippen molar-refractivity contribution < 1.29 is 28.5 Å². The van der Waals surface area contributed by atoms with Crippen LogP contribution in [0.4, 0.5) is 5.69 Å². The number of hydrogen-bond acceptors (Lipinski definition) is 6. The van der Waals surface area contributed by atoms with E-state index in [1.807, 2.05) is 26.0 Å². The van der Waals surface area contributed by atoms with Gasteiger partial charge in [0.15, 0.2) is 18.1 Å². The van der Waals surface area contributed by atoms with E-state index in [0.29, 0.717) is 11.4 Å². The Balaban J connectivity index is 2.09. The van der Waals surface area contributed by atoms with E-state index in [-0.39, 0.29) is 17.1 Å². The molecule has 7 nitrogen and oxygen atoms in total. The Morgan fingerprint density at radius 2 is 1.63 bits per heavy atom. The first-order chi connectivity index (χ1) is 12.9. The van der Waals surface area contributed by atoms with Crippen LogP contribution in [0.5, 0.6) is 17.2 Å². The molecule has 0 spiro atoms. The number of nitrogens with one attached hydrogen (secondary N) is 1. The Morgan fingerprint density at radius 3 is 2.26 bits per heavy atom. The van der Waals surface area contributed by atoms with Gasteiger partial charge in [-0.3, -0.25) is 4.79 Å². The highest BCUT2D eigenvalue weighted by molar-refractivity contribution is 5.98. The van der Waals surface area contributed by atoms with Crippen LogP contribution >= 0.6 is 0 Å². The van der Waals surface area contributed by atoms with Crippen LogP contribution in [0.2, 0.25) is 0 Å². The highest BCUT2D eigenvalue weighted by Crippen LogP contribution is 2.39. The zero-order valence-corrected chi connectivity index (χ0v) is 16.0. The van der Waals surface area contributed by atoms with Crippen molar-refractivity contribution in [3.63, 3.8) is 0 Å². The minimum atomic E-state index is -0.705. The predicted octanol–water partition coefficient (Wildman–Crippen LogP) is 3.12. The number of amides is 1. The van der Waals surface area contributed by atoms with Gasteiger partial charge >= 0.3 is 5.97 Å². The molecule has 7 heteroatoms. The van der Waals surface area contributed by atoms with Crippen LogP contribution in [0.15, 0.2) is 30.3 Å². The van der Waals surface area contributed by atoms with Gasteiger partial charge in [-0.2, -0.15) is 0 Å². The number of aryl methyl sites for hydroxylation is 1. The summed E-state index contributed by atoms with van der Waals surface area (Å²) in [5.74, 6) is -0.273. The Hall–Kier alpha value is -3.22. The summed E-state index contributed by atoms with van der Waals surface area (Å²) in [5.41, 5.74) is 2.83. The molecule has 1 N–H and O–H groups in total. The Labute approximate surface area is 158 Å². The smallest absolute Gasteiger partial charge is 0.342 e. The van der Waals surface area contributed by atoms with Gasteiger partial charge < -0.3 is 24.3 Å². The van der Waals surface area contributed by atoms with Crippen molar-refractivity contribution in [2.45, 2.75) is 13.8 Å². The molecular weight excluding hydrogens is 350 g/mol. The number of rotatable bonds is 7. The van der Waals surface area contributed by atoms with Crippen molar-refractivity contribution >= 4 is 17.6 Å². The average Bonchev–Trinajstić information content (AvgIpc) is 2.68. The van der Waals surface area contributed by atoms with Crippen LogP contribution in [-0.2, 0) is 9.53 Å². The Bertz CT molecular complexity index is 847. The van der Waals surface area contributed by atoms with E-state index < -0.39 is 18.5 Å². The molecule has 2 aromatic carbocycles. The molecule has 0 aliphatic heterocycles. The van der Waals surface area contributed by atoms with Gasteiger partial charge in [-0.15, -0.1) is 0 Å². The number of carbonyl (C=O) groups excluding carboxylic acids is 2. The van der Waals surface area contributed by atoms with Gasteiger partial charge in [0.2, 0.25) is 5.75 Å². The van der Waals surface area contributed by atoms with Crippen LogP contribution in [-0.4, -0.2) is 39.8 Å². The zero-order valence-electron chi connectivity index (χ0n) is 16.0. The molecule has 0 radical (unpaired) electrons. The van der Waals surface area contributed by atoms with Crippen molar-refractivity contribution in [3.05, 3.63) is 47.0 Å². The fourth-order valence-corrected chi connectivity index (χ4v) is 2.54. The van der Waals surface area contributed by atoms with Gasteiger partial charge in [0.25, 0.3) is 5.91 Å². The second kappa shape index (κ2) is 8.93. The third kappa shape index (κ3) is 4.49. The first-order valence-corrected chi connectivity index (χ1v) is 8.25. The first-order valence-electron chi connectivity index (χ1n) is 8.25. The number of ether oxygens (including phenoxy) is 4. The highest BCUT2D eigenvalue weighted by Gasteiger charge is 2.22. The quantitative estimate of drug-likeness (QED) is 0.751. The number of anilines is 1. The monoisotopic (exact) mass is 373 g/mol. The number of hydrogen-bond donors (Lipinski definition) is 1. The topological polar surface area (TPSA) is 83.1 Å². The molecule has 0 bridgehead atoms. The number of esters is 1. The number of carbonyl (C=O) groups is 2. The molecule has 0 saturated carbocycles. The lowest BCUT2D eigenvalue weighted by molar-refractivity contribution is -0.119. The van der Waals surface area contributed by atoms with Gasteiger partial charge in [0.05, 0.1) is 21.3 Å². The van der Waals surface area contributed by atoms with Crippen LogP contribution in [0.3, 0.4) is 0 Å². The Kier molecular flexibility index (Phi) is 6.65. The predicted molar refractivity (Wildman–Crippen MR) is 101 cm³/mol. The van der Waals surface area contributed by atoms with E-state index in [9.17, 15) is 9.59 Å². The van der Waals surface area contributed by atoms with E-state index in [1.165, 1.54) is 27.4 Å². The largest absolute Gasteiger partial charge is 0.493 e. The maximum absolute atomic E-state index is 12.4. The fourth-order valence-electron chi connectivity index (χ4n) is 2.54. The summed E-state index contributed by atoms with van der Waals surface area (Å²) in [6.07, 6.45) is 0. The molecule has 0 unspecified atom stereocenters. The standard InChI is InChI=1S/C20H23NO6/c1-12-7-6-8-15(13(12)2)21-17(22)11-27-20(23)14-9-10-16(24-3)19(26-5)18(14)25-4/h6-10H,11H2,1-5H3,(H,21,22). The van der Waals surface area contributed by atoms with Gasteiger partial charge in [-0.25, -0.2) is 4.79 Å². The fraction of sp³-hybridized carbons (Fsp3) is 0.300. The van der Waals surface area contributed by atoms with Crippen molar-refractivity contribution in [2.75, 3.05) is 33.3 Å². The molecule has 0 aliphatic carbocycles. The molecule has 0 atom stereocenters. The van der Waals surface area contributed by atoms with Crippen LogP contribution in [0.1, 0.15) is 21.5 Å². The zero-order chi connectivity index (χ0) is 20.0. The number of benzene rings is 2. The first kappa shape index (κ1) is 20.1. The molecular formula is C20H23NO6. The summed E-state index contributed by atoms with van der Waals surface area (Å²) in [6, 6.07) is 8.64. The number of methoxy groups -OCH3 is 3. The van der Waals surface area contributed by atoms with E-state index in [4.69, 9.17) is 18.9 Å². The van der Waals surface area contributed by atoms with Crippen LogP contribution < -0.4 is 19.5 Å². The lowest BCUT2D eigenvalue weighted by atomic mass is 10.1. The SMILES string of the molecule is COc1ccc(C(=O)OCC(=O)Nc2cccc(C)c2C)c(OC)c1OC. The molecule has 144 valence electrons. The molecule has 2 aromatic rings. The van der Waals surface area contributed by atoms with E-state index >= 15 is 0 Å². The molecule has 1 amide bonds. The summed E-state index contributed by atoms with van der Waals surface area (Å²) >= 11 is 0. The maximum Gasteiger partial charge on any atom is 0.342 e. The van der Waals surface area contributed by atoms with E-state index in [2.05, 4.69) is 5.32 Å². The molecule has 0 aromatic heterocycles. The summed E-state index contributed by atoms with van der Waals surface area (Å²) in [4.78, 5) is 24.5. The minimum absolute atomic E-state index is 0.134.